The van der Waals surface area contributed by atoms with Crippen molar-refractivity contribution >= 4 is 5.91 Å². The molecule has 2 bridgehead atoms. The van der Waals surface area contributed by atoms with E-state index in [1.54, 1.807) is 12.4 Å². The Morgan fingerprint density at radius 2 is 2.00 bits per heavy atom. The van der Waals surface area contributed by atoms with Crippen LogP contribution in [0.1, 0.15) is 48.3 Å². The van der Waals surface area contributed by atoms with Crippen molar-refractivity contribution in [3.8, 4) is 0 Å². The van der Waals surface area contributed by atoms with Crippen LogP contribution in [0.2, 0.25) is 0 Å². The second-order valence-corrected chi connectivity index (χ2v) is 6.78. The zero-order valence-corrected chi connectivity index (χ0v) is 11.9. The van der Waals surface area contributed by atoms with Gasteiger partial charge in [0.15, 0.2) is 0 Å². The molecule has 3 fully saturated rings. The van der Waals surface area contributed by atoms with E-state index in [4.69, 9.17) is 0 Å². The number of nitrogens with zero attached hydrogens (tertiary/aromatic N) is 2. The summed E-state index contributed by atoms with van der Waals surface area (Å²) in [7, 11) is 0. The van der Waals surface area contributed by atoms with E-state index in [1.807, 2.05) is 6.92 Å². The number of carbonyl (C=O) groups is 1. The van der Waals surface area contributed by atoms with Gasteiger partial charge in [-0.05, 0) is 56.3 Å². The van der Waals surface area contributed by atoms with E-state index in [0.29, 0.717) is 11.7 Å². The molecule has 1 heterocycles. The van der Waals surface area contributed by atoms with E-state index in [0.717, 1.165) is 29.4 Å². The molecule has 1 amide bonds. The molecule has 4 rings (SSSR count). The fourth-order valence-electron chi connectivity index (χ4n) is 4.99. The van der Waals surface area contributed by atoms with Crippen molar-refractivity contribution < 1.29 is 4.79 Å². The molecule has 3 aliphatic rings. The first-order chi connectivity index (χ1) is 9.72. The van der Waals surface area contributed by atoms with Gasteiger partial charge in [-0.25, -0.2) is 4.98 Å². The summed E-state index contributed by atoms with van der Waals surface area (Å²) in [6.45, 7) is 1.88. The lowest BCUT2D eigenvalue weighted by atomic mass is 9.79. The van der Waals surface area contributed by atoms with Crippen LogP contribution in [0.15, 0.2) is 12.4 Å². The van der Waals surface area contributed by atoms with Gasteiger partial charge in [-0.1, -0.05) is 6.42 Å². The van der Waals surface area contributed by atoms with Crippen LogP contribution in [0, 0.1) is 30.6 Å². The molecule has 4 nitrogen and oxygen atoms in total. The monoisotopic (exact) mass is 271 g/mol. The van der Waals surface area contributed by atoms with Crippen LogP contribution in [-0.4, -0.2) is 21.9 Å². The SMILES string of the molecule is Cc1cnc(C(=O)NC2CC3CC2C2CCCC32)cn1. The largest absolute Gasteiger partial charge is 0.348 e. The minimum Gasteiger partial charge on any atom is -0.348 e. The van der Waals surface area contributed by atoms with Crippen molar-refractivity contribution in [1.82, 2.24) is 15.3 Å². The molecule has 1 aromatic rings. The van der Waals surface area contributed by atoms with E-state index >= 15 is 0 Å². The molecule has 5 unspecified atom stereocenters. The minimum absolute atomic E-state index is 0.0513. The lowest BCUT2D eigenvalue weighted by Crippen LogP contribution is -2.42. The summed E-state index contributed by atoms with van der Waals surface area (Å²) in [4.78, 5) is 20.6. The van der Waals surface area contributed by atoms with Gasteiger partial charge in [0.1, 0.15) is 5.69 Å². The van der Waals surface area contributed by atoms with Crippen LogP contribution in [0.25, 0.3) is 0 Å². The van der Waals surface area contributed by atoms with Crippen molar-refractivity contribution in [1.29, 1.82) is 0 Å². The highest BCUT2D eigenvalue weighted by molar-refractivity contribution is 5.92. The van der Waals surface area contributed by atoms with Gasteiger partial charge < -0.3 is 5.32 Å². The van der Waals surface area contributed by atoms with E-state index in [-0.39, 0.29) is 5.91 Å². The third kappa shape index (κ3) is 1.85. The number of hydrogen-bond donors (Lipinski definition) is 1. The lowest BCUT2D eigenvalue weighted by Gasteiger charge is -2.31. The molecule has 106 valence electrons. The van der Waals surface area contributed by atoms with Crippen LogP contribution < -0.4 is 5.32 Å². The number of fused-ring (bicyclic) bond motifs is 5. The highest BCUT2D eigenvalue weighted by atomic mass is 16.1. The Morgan fingerprint density at radius 3 is 2.80 bits per heavy atom. The Kier molecular flexibility index (Phi) is 2.79. The number of aryl methyl sites for hydroxylation is 1. The number of carbonyl (C=O) groups excluding carboxylic acids is 1. The van der Waals surface area contributed by atoms with Crippen molar-refractivity contribution in [2.75, 3.05) is 0 Å². The van der Waals surface area contributed by atoms with Crippen LogP contribution in [0.3, 0.4) is 0 Å². The molecular weight excluding hydrogens is 250 g/mol. The second-order valence-electron chi connectivity index (χ2n) is 6.78. The molecule has 0 spiro atoms. The summed E-state index contributed by atoms with van der Waals surface area (Å²) in [6, 6.07) is 0.370. The topological polar surface area (TPSA) is 54.9 Å². The Hall–Kier alpha value is -1.45. The molecule has 0 aliphatic heterocycles. The Morgan fingerprint density at radius 1 is 1.15 bits per heavy atom. The molecule has 4 heteroatoms. The summed E-state index contributed by atoms with van der Waals surface area (Å²) >= 11 is 0. The molecule has 0 aromatic carbocycles. The molecule has 0 saturated heterocycles. The number of rotatable bonds is 2. The first-order valence-electron chi connectivity index (χ1n) is 7.82. The maximum Gasteiger partial charge on any atom is 0.271 e. The summed E-state index contributed by atoms with van der Waals surface area (Å²) < 4.78 is 0. The summed E-state index contributed by atoms with van der Waals surface area (Å²) in [5.74, 6) is 3.37. The van der Waals surface area contributed by atoms with E-state index in [2.05, 4.69) is 15.3 Å². The predicted octanol–water partition coefficient (Wildman–Crippen LogP) is 2.34. The lowest BCUT2D eigenvalue weighted by molar-refractivity contribution is 0.0895. The first-order valence-corrected chi connectivity index (χ1v) is 7.82. The predicted molar refractivity (Wildman–Crippen MR) is 75.1 cm³/mol. The maximum absolute atomic E-state index is 12.3. The Labute approximate surface area is 119 Å². The number of amides is 1. The molecule has 5 atom stereocenters. The zero-order chi connectivity index (χ0) is 13.7. The average molecular weight is 271 g/mol. The van der Waals surface area contributed by atoms with Crippen molar-refractivity contribution in [3.05, 3.63) is 23.8 Å². The number of hydrogen-bond acceptors (Lipinski definition) is 3. The third-order valence-corrected chi connectivity index (χ3v) is 5.76. The van der Waals surface area contributed by atoms with Crippen molar-refractivity contribution in [3.63, 3.8) is 0 Å². The molecule has 1 N–H and O–H groups in total. The molecule has 3 aliphatic carbocycles. The smallest absolute Gasteiger partial charge is 0.271 e. The third-order valence-electron chi connectivity index (χ3n) is 5.76. The highest BCUT2D eigenvalue weighted by Crippen LogP contribution is 2.58. The van der Waals surface area contributed by atoms with Gasteiger partial charge in [-0.15, -0.1) is 0 Å². The summed E-state index contributed by atoms with van der Waals surface area (Å²) in [6.07, 6.45) is 9.95. The van der Waals surface area contributed by atoms with Gasteiger partial charge in [0.2, 0.25) is 0 Å². The normalized spacial score (nSPS) is 38.0. The summed E-state index contributed by atoms with van der Waals surface area (Å²) in [5.41, 5.74) is 1.29. The fraction of sp³-hybridized carbons (Fsp3) is 0.688. The van der Waals surface area contributed by atoms with E-state index in [9.17, 15) is 4.79 Å². The van der Waals surface area contributed by atoms with Gasteiger partial charge in [-0.3, -0.25) is 9.78 Å². The molecule has 0 radical (unpaired) electrons. The number of nitrogens with one attached hydrogen (secondary N) is 1. The highest BCUT2D eigenvalue weighted by Gasteiger charge is 2.54. The van der Waals surface area contributed by atoms with Gasteiger partial charge in [0, 0.05) is 12.2 Å². The van der Waals surface area contributed by atoms with E-state index in [1.165, 1.54) is 32.1 Å². The standard InChI is InChI=1S/C16H21N3O/c1-9-7-18-15(8-17-9)16(20)19-14-6-10-5-13(14)12-4-2-3-11(10)12/h7-8,10-14H,2-6H2,1H3,(H,19,20). The van der Waals surface area contributed by atoms with Crippen LogP contribution in [0.4, 0.5) is 0 Å². The van der Waals surface area contributed by atoms with Crippen LogP contribution in [-0.2, 0) is 0 Å². The summed E-state index contributed by atoms with van der Waals surface area (Å²) in [5, 5.41) is 3.22. The van der Waals surface area contributed by atoms with Crippen molar-refractivity contribution in [2.24, 2.45) is 23.7 Å². The average Bonchev–Trinajstić information content (AvgIpc) is 3.11. The first kappa shape index (κ1) is 12.3. The molecule has 20 heavy (non-hydrogen) atoms. The van der Waals surface area contributed by atoms with Gasteiger partial charge in [0.25, 0.3) is 5.91 Å². The Bertz CT molecular complexity index is 527. The molecule has 3 saturated carbocycles. The molecule has 1 aromatic heterocycles. The van der Waals surface area contributed by atoms with Crippen molar-refractivity contribution in [2.45, 2.75) is 45.1 Å². The quantitative estimate of drug-likeness (QED) is 0.898. The van der Waals surface area contributed by atoms with Crippen LogP contribution in [0.5, 0.6) is 0 Å². The Balaban J connectivity index is 1.45. The minimum atomic E-state index is -0.0513. The number of aromatic nitrogens is 2. The second kappa shape index (κ2) is 4.54. The maximum atomic E-state index is 12.3. The van der Waals surface area contributed by atoms with Crippen LogP contribution >= 0.6 is 0 Å². The van der Waals surface area contributed by atoms with Gasteiger partial charge in [0.05, 0.1) is 11.9 Å². The van der Waals surface area contributed by atoms with Gasteiger partial charge >= 0.3 is 0 Å². The zero-order valence-electron chi connectivity index (χ0n) is 11.9. The van der Waals surface area contributed by atoms with E-state index < -0.39 is 0 Å². The van der Waals surface area contributed by atoms with Gasteiger partial charge in [-0.2, -0.15) is 0 Å². The molecular formula is C16H21N3O. The fourth-order valence-corrected chi connectivity index (χ4v) is 4.99.